The molecule has 2 aromatic rings. The van der Waals surface area contributed by atoms with Crippen molar-refractivity contribution >= 4 is 21.7 Å². The first kappa shape index (κ1) is 11.3. The number of halogens is 1. The molecule has 0 amide bonds. The molecule has 1 aliphatic rings. The molecule has 2 heterocycles. The third-order valence-electron chi connectivity index (χ3n) is 3.18. The zero-order valence-corrected chi connectivity index (χ0v) is 11.2. The lowest BCUT2D eigenvalue weighted by molar-refractivity contribution is 0.482. The van der Waals surface area contributed by atoms with Crippen LogP contribution in [-0.4, -0.2) is 16.3 Å². The molecule has 0 spiro atoms. The van der Waals surface area contributed by atoms with Gasteiger partial charge in [-0.3, -0.25) is 0 Å². The molecule has 90 valence electrons. The van der Waals surface area contributed by atoms with Gasteiger partial charge in [0.1, 0.15) is 17.5 Å². The summed E-state index contributed by atoms with van der Waals surface area (Å²) >= 11 is 3.44. The predicted molar refractivity (Wildman–Crippen MR) is 72.3 cm³/mol. The minimum absolute atomic E-state index is 0.205. The van der Waals surface area contributed by atoms with Crippen molar-refractivity contribution in [2.45, 2.75) is 12.5 Å². The van der Waals surface area contributed by atoms with Crippen LogP contribution in [0, 0.1) is 11.3 Å². The number of hydrogen-bond acceptors (Lipinski definition) is 3. The summed E-state index contributed by atoms with van der Waals surface area (Å²) in [4.78, 5) is 0. The van der Waals surface area contributed by atoms with Crippen molar-refractivity contribution in [2.75, 3.05) is 11.9 Å². The van der Waals surface area contributed by atoms with Gasteiger partial charge in [0.25, 0.3) is 0 Å². The minimum atomic E-state index is 0.205. The van der Waals surface area contributed by atoms with Crippen molar-refractivity contribution in [1.29, 1.82) is 5.26 Å². The van der Waals surface area contributed by atoms with Crippen LogP contribution in [0.1, 0.15) is 23.6 Å². The highest BCUT2D eigenvalue weighted by molar-refractivity contribution is 9.10. The number of benzene rings is 1. The topological polar surface area (TPSA) is 53.6 Å². The average molecular weight is 303 g/mol. The second-order valence-electron chi connectivity index (χ2n) is 4.25. The fourth-order valence-corrected chi connectivity index (χ4v) is 2.56. The zero-order valence-electron chi connectivity index (χ0n) is 9.60. The van der Waals surface area contributed by atoms with Crippen molar-refractivity contribution in [3.63, 3.8) is 0 Å². The van der Waals surface area contributed by atoms with Crippen LogP contribution in [0.5, 0.6) is 0 Å². The van der Waals surface area contributed by atoms with E-state index in [0.29, 0.717) is 5.56 Å². The van der Waals surface area contributed by atoms with Crippen molar-refractivity contribution in [3.8, 4) is 6.07 Å². The first-order valence-electron chi connectivity index (χ1n) is 5.76. The van der Waals surface area contributed by atoms with Crippen LogP contribution < -0.4 is 5.32 Å². The van der Waals surface area contributed by atoms with E-state index in [0.717, 1.165) is 23.3 Å². The van der Waals surface area contributed by atoms with Crippen LogP contribution in [0.25, 0.3) is 0 Å². The Balaban J connectivity index is 2.04. The summed E-state index contributed by atoms with van der Waals surface area (Å²) in [6.07, 6.45) is 2.60. The highest BCUT2D eigenvalue weighted by Crippen LogP contribution is 2.31. The number of nitrogens with zero attached hydrogens (tertiary/aromatic N) is 3. The third-order valence-corrected chi connectivity index (χ3v) is 3.70. The fraction of sp³-hybridized carbons (Fsp3) is 0.231. The summed E-state index contributed by atoms with van der Waals surface area (Å²) in [6.45, 7) is 0.862. The molecule has 1 aromatic carbocycles. The molecule has 1 N–H and O–H groups in total. The maximum atomic E-state index is 9.03. The van der Waals surface area contributed by atoms with Gasteiger partial charge in [-0.2, -0.15) is 10.4 Å². The summed E-state index contributed by atoms with van der Waals surface area (Å²) < 4.78 is 2.98. The second-order valence-corrected chi connectivity index (χ2v) is 5.16. The first-order valence-corrected chi connectivity index (χ1v) is 6.56. The summed E-state index contributed by atoms with van der Waals surface area (Å²) in [5.74, 6) is 0.830. The van der Waals surface area contributed by atoms with Gasteiger partial charge in [-0.25, -0.2) is 4.68 Å². The number of anilines is 1. The fourth-order valence-electron chi connectivity index (χ4n) is 2.30. The van der Waals surface area contributed by atoms with E-state index in [4.69, 9.17) is 5.26 Å². The van der Waals surface area contributed by atoms with Gasteiger partial charge in [0.2, 0.25) is 0 Å². The predicted octanol–water partition coefficient (Wildman–Crippen LogP) is 2.92. The molecule has 0 aliphatic carbocycles. The maximum Gasteiger partial charge on any atom is 0.143 e. The largest absolute Gasteiger partial charge is 0.369 e. The Morgan fingerprint density at radius 3 is 2.89 bits per heavy atom. The van der Waals surface area contributed by atoms with Crippen molar-refractivity contribution in [1.82, 2.24) is 9.78 Å². The van der Waals surface area contributed by atoms with Crippen LogP contribution in [-0.2, 0) is 0 Å². The Morgan fingerprint density at radius 1 is 1.39 bits per heavy atom. The van der Waals surface area contributed by atoms with Crippen LogP contribution in [0.15, 0.2) is 34.9 Å². The lowest BCUT2D eigenvalue weighted by Crippen LogP contribution is -2.24. The molecular weight excluding hydrogens is 292 g/mol. The number of hydrogen-bond donors (Lipinski definition) is 1. The number of nitrogens with one attached hydrogen (secondary N) is 1. The SMILES string of the molecule is N#Cc1cnn2c1NCCC2c1ccc(Br)cc1. The molecule has 4 nitrogen and oxygen atoms in total. The molecule has 5 heteroatoms. The Kier molecular flexibility index (Phi) is 2.80. The van der Waals surface area contributed by atoms with E-state index in [1.54, 1.807) is 6.20 Å². The van der Waals surface area contributed by atoms with E-state index in [2.05, 4.69) is 44.5 Å². The van der Waals surface area contributed by atoms with Gasteiger partial charge in [0, 0.05) is 11.0 Å². The van der Waals surface area contributed by atoms with Gasteiger partial charge in [0.05, 0.1) is 12.2 Å². The van der Waals surface area contributed by atoms with Gasteiger partial charge in [-0.1, -0.05) is 28.1 Å². The quantitative estimate of drug-likeness (QED) is 0.881. The molecule has 1 atom stereocenters. The van der Waals surface area contributed by atoms with Gasteiger partial charge in [-0.15, -0.1) is 0 Å². The number of aromatic nitrogens is 2. The minimum Gasteiger partial charge on any atom is -0.369 e. The molecule has 0 saturated carbocycles. The molecule has 0 saturated heterocycles. The molecule has 0 bridgehead atoms. The molecular formula is C13H11BrN4. The van der Waals surface area contributed by atoms with E-state index < -0.39 is 0 Å². The molecule has 0 fully saturated rings. The summed E-state index contributed by atoms with van der Waals surface area (Å²) in [7, 11) is 0. The third kappa shape index (κ3) is 1.79. The monoisotopic (exact) mass is 302 g/mol. The highest BCUT2D eigenvalue weighted by Gasteiger charge is 2.24. The lowest BCUT2D eigenvalue weighted by atomic mass is 10.0. The Labute approximate surface area is 113 Å². The maximum absolute atomic E-state index is 9.03. The van der Waals surface area contributed by atoms with E-state index in [1.165, 1.54) is 5.56 Å². The standard InChI is InChI=1S/C13H11BrN4/c14-11-3-1-9(2-4-11)12-5-6-16-13-10(7-15)8-17-18(12)13/h1-4,8,12,16H,5-6H2. The summed E-state index contributed by atoms with van der Waals surface area (Å²) in [6, 6.07) is 10.6. The van der Waals surface area contributed by atoms with Gasteiger partial charge < -0.3 is 5.32 Å². The molecule has 18 heavy (non-hydrogen) atoms. The molecule has 1 aliphatic heterocycles. The Bertz CT molecular complexity index is 609. The molecule has 0 radical (unpaired) electrons. The molecule has 3 rings (SSSR count). The lowest BCUT2D eigenvalue weighted by Gasteiger charge is -2.26. The Morgan fingerprint density at radius 2 is 2.17 bits per heavy atom. The molecule has 1 aromatic heterocycles. The zero-order chi connectivity index (χ0) is 12.5. The van der Waals surface area contributed by atoms with Gasteiger partial charge >= 0.3 is 0 Å². The van der Waals surface area contributed by atoms with E-state index in [-0.39, 0.29) is 6.04 Å². The van der Waals surface area contributed by atoms with E-state index >= 15 is 0 Å². The second kappa shape index (κ2) is 4.46. The molecule has 1 unspecified atom stereocenters. The number of fused-ring (bicyclic) bond motifs is 1. The average Bonchev–Trinajstić information content (AvgIpc) is 2.82. The summed E-state index contributed by atoms with van der Waals surface area (Å²) in [5.41, 5.74) is 1.82. The van der Waals surface area contributed by atoms with Crippen LogP contribution in [0.2, 0.25) is 0 Å². The normalized spacial score (nSPS) is 17.7. The van der Waals surface area contributed by atoms with Crippen LogP contribution in [0.3, 0.4) is 0 Å². The van der Waals surface area contributed by atoms with Gasteiger partial charge in [-0.05, 0) is 24.1 Å². The van der Waals surface area contributed by atoms with Crippen molar-refractivity contribution in [2.24, 2.45) is 0 Å². The Hall–Kier alpha value is -1.80. The number of nitriles is 1. The van der Waals surface area contributed by atoms with Crippen LogP contribution >= 0.6 is 15.9 Å². The number of rotatable bonds is 1. The van der Waals surface area contributed by atoms with E-state index in [9.17, 15) is 0 Å². The first-order chi connectivity index (χ1) is 8.79. The van der Waals surface area contributed by atoms with Crippen molar-refractivity contribution < 1.29 is 0 Å². The van der Waals surface area contributed by atoms with Gasteiger partial charge in [0.15, 0.2) is 0 Å². The van der Waals surface area contributed by atoms with Crippen LogP contribution in [0.4, 0.5) is 5.82 Å². The highest BCUT2D eigenvalue weighted by atomic mass is 79.9. The smallest absolute Gasteiger partial charge is 0.143 e. The van der Waals surface area contributed by atoms with E-state index in [1.807, 2.05) is 16.8 Å². The summed E-state index contributed by atoms with van der Waals surface area (Å²) in [5, 5.41) is 16.6. The van der Waals surface area contributed by atoms with Crippen molar-refractivity contribution in [3.05, 3.63) is 46.1 Å².